The summed E-state index contributed by atoms with van der Waals surface area (Å²) in [5.41, 5.74) is 0.764. The van der Waals surface area contributed by atoms with Crippen LogP contribution in [-0.4, -0.2) is 23.5 Å². The lowest BCUT2D eigenvalue weighted by atomic mass is 9.90. The van der Waals surface area contributed by atoms with Crippen LogP contribution in [0.2, 0.25) is 0 Å². The molecule has 6 rings (SSSR count). The fourth-order valence-corrected chi connectivity index (χ4v) is 7.14. The number of rotatable bonds is 7. The first-order valence-corrected chi connectivity index (χ1v) is 15.3. The van der Waals surface area contributed by atoms with Gasteiger partial charge in [0.05, 0.1) is 44.9 Å². The number of fused-ring (bicyclic) bond motifs is 1. The smallest absolute Gasteiger partial charge is 0.335 e. The zero-order valence-corrected chi connectivity index (χ0v) is 24.8. The Morgan fingerprint density at radius 2 is 1.40 bits per heavy atom. The lowest BCUT2D eigenvalue weighted by molar-refractivity contribution is 0.0696. The van der Waals surface area contributed by atoms with E-state index >= 15 is 4.39 Å². The number of halogens is 3. The minimum Gasteiger partial charge on any atom is -0.478 e. The molecular weight excluding hydrogens is 627 g/mol. The molecule has 0 saturated heterocycles. The van der Waals surface area contributed by atoms with Crippen molar-refractivity contribution in [3.05, 3.63) is 137 Å². The summed E-state index contributed by atoms with van der Waals surface area (Å²) >= 11 is 0. The highest BCUT2D eigenvalue weighted by atomic mass is 32.2. The van der Waals surface area contributed by atoms with Crippen molar-refractivity contribution in [3.8, 4) is 45.6 Å². The first-order valence-electron chi connectivity index (χ1n) is 13.9. The molecule has 0 saturated carbocycles. The summed E-state index contributed by atoms with van der Waals surface area (Å²) in [6, 6.07) is 29.0. The number of alkyl halides is 2. The van der Waals surface area contributed by atoms with Crippen LogP contribution >= 0.6 is 0 Å². The van der Waals surface area contributed by atoms with E-state index in [0.29, 0.717) is 5.39 Å². The van der Waals surface area contributed by atoms with E-state index in [1.807, 2.05) is 0 Å². The van der Waals surface area contributed by atoms with Gasteiger partial charge in [-0.2, -0.15) is 10.5 Å². The molecule has 6 aromatic rings. The maximum absolute atomic E-state index is 15.2. The van der Waals surface area contributed by atoms with Gasteiger partial charge in [-0.1, -0.05) is 60.7 Å². The normalized spacial score (nSPS) is 11.4. The molecule has 5 aromatic carbocycles. The van der Waals surface area contributed by atoms with Crippen LogP contribution in [0.4, 0.5) is 13.2 Å². The Morgan fingerprint density at radius 3 is 2.02 bits per heavy atom. The summed E-state index contributed by atoms with van der Waals surface area (Å²) in [5, 5.41) is 29.9. The van der Waals surface area contributed by atoms with Crippen LogP contribution in [0.1, 0.15) is 33.5 Å². The number of carboxylic acid groups (broad SMARTS) is 1. The van der Waals surface area contributed by atoms with Gasteiger partial charge in [0, 0.05) is 33.2 Å². The van der Waals surface area contributed by atoms with Crippen molar-refractivity contribution in [2.45, 2.75) is 11.3 Å². The number of benzene rings is 5. The molecule has 7 nitrogen and oxygen atoms in total. The fourth-order valence-electron chi connectivity index (χ4n) is 5.59. The van der Waals surface area contributed by atoms with Gasteiger partial charge in [0.15, 0.2) is 0 Å². The Morgan fingerprint density at radius 1 is 0.766 bits per heavy atom. The zero-order chi connectivity index (χ0) is 33.5. The van der Waals surface area contributed by atoms with Gasteiger partial charge in [-0.05, 0) is 54.1 Å². The van der Waals surface area contributed by atoms with Gasteiger partial charge in [-0.3, -0.25) is 0 Å². The molecule has 0 aliphatic carbocycles. The summed E-state index contributed by atoms with van der Waals surface area (Å²) in [6.07, 6.45) is -2.82. The van der Waals surface area contributed by atoms with Crippen molar-refractivity contribution in [1.82, 2.24) is 3.97 Å². The molecule has 0 amide bonds. The van der Waals surface area contributed by atoms with E-state index in [1.54, 1.807) is 42.5 Å². The third kappa shape index (κ3) is 5.29. The van der Waals surface area contributed by atoms with Crippen molar-refractivity contribution >= 4 is 26.9 Å². The molecule has 11 heteroatoms. The average Bonchev–Trinajstić information content (AvgIpc) is 3.43. The van der Waals surface area contributed by atoms with Gasteiger partial charge in [-0.25, -0.2) is 30.4 Å². The number of hydrogen-bond donors (Lipinski definition) is 1. The number of carboxylic acids is 1. The Kier molecular flexibility index (Phi) is 7.85. The van der Waals surface area contributed by atoms with Crippen LogP contribution in [0.5, 0.6) is 0 Å². The summed E-state index contributed by atoms with van der Waals surface area (Å²) in [6.45, 7) is 0. The molecule has 1 heterocycles. The molecule has 0 spiro atoms. The molecule has 1 aromatic heterocycles. The van der Waals surface area contributed by atoms with Crippen molar-refractivity contribution in [2.75, 3.05) is 0 Å². The second kappa shape index (κ2) is 12.0. The number of aromatic nitrogens is 1. The van der Waals surface area contributed by atoms with E-state index in [4.69, 9.17) is 0 Å². The highest BCUT2D eigenvalue weighted by molar-refractivity contribution is 7.90. The molecule has 0 bridgehead atoms. The molecule has 0 fully saturated rings. The Bertz CT molecular complexity index is 2390. The third-order valence-electron chi connectivity index (χ3n) is 7.72. The van der Waals surface area contributed by atoms with Gasteiger partial charge >= 0.3 is 5.97 Å². The topological polar surface area (TPSA) is 124 Å². The summed E-state index contributed by atoms with van der Waals surface area (Å²) in [5.74, 6) is -2.13. The minimum atomic E-state index is -4.55. The maximum Gasteiger partial charge on any atom is 0.335 e. The van der Waals surface area contributed by atoms with Gasteiger partial charge in [0.2, 0.25) is 0 Å². The van der Waals surface area contributed by atoms with Crippen LogP contribution in [-0.2, 0) is 10.0 Å². The first-order chi connectivity index (χ1) is 22.6. The quantitative estimate of drug-likeness (QED) is 0.186. The molecule has 0 atom stereocenters. The van der Waals surface area contributed by atoms with E-state index in [2.05, 4.69) is 12.1 Å². The van der Waals surface area contributed by atoms with E-state index in [-0.39, 0.29) is 66.2 Å². The van der Waals surface area contributed by atoms with Gasteiger partial charge in [-0.15, -0.1) is 0 Å². The molecular formula is C36H20F3N3O4S. The number of nitriles is 2. The zero-order valence-electron chi connectivity index (χ0n) is 24.0. The number of nitrogens with zero attached hydrogens (tertiary/aromatic N) is 3. The number of para-hydroxylation sites is 1. The van der Waals surface area contributed by atoms with Crippen LogP contribution in [0.25, 0.3) is 44.4 Å². The Labute approximate surface area is 266 Å². The lowest BCUT2D eigenvalue weighted by Gasteiger charge is -2.16. The SMILES string of the molecule is N#Cc1cccc(C#N)c1-c1c(-c2cccc(-c3ccc(C(=O)O)cc3F)c2)n(S(=O)(=O)c2ccc(C(F)F)cc2)c2ccccc12. The highest BCUT2D eigenvalue weighted by Gasteiger charge is 2.31. The summed E-state index contributed by atoms with van der Waals surface area (Å²) < 4.78 is 72.0. The first kappa shape index (κ1) is 30.8. The standard InChI is InChI=1S/C36H20F3N3O4S/c37-30-18-24(36(43)44)13-16-28(30)22-5-3-6-23(17-22)34-33(32-25(19-40)7-4-8-26(32)20-41)29-9-1-2-10-31(29)42(34)47(45,46)27-14-11-21(12-15-27)35(38)39/h1-18,35H,(H,43,44). The second-order valence-corrected chi connectivity index (χ2v) is 12.2. The van der Waals surface area contributed by atoms with Crippen LogP contribution in [0, 0.1) is 28.5 Å². The monoisotopic (exact) mass is 647 g/mol. The molecule has 0 aliphatic rings. The predicted molar refractivity (Wildman–Crippen MR) is 169 cm³/mol. The molecule has 230 valence electrons. The average molecular weight is 648 g/mol. The second-order valence-electron chi connectivity index (χ2n) is 10.4. The molecule has 0 unspecified atom stereocenters. The summed E-state index contributed by atoms with van der Waals surface area (Å²) in [7, 11) is -4.55. The molecule has 47 heavy (non-hydrogen) atoms. The van der Waals surface area contributed by atoms with Crippen LogP contribution in [0.15, 0.2) is 114 Å². The van der Waals surface area contributed by atoms with Crippen molar-refractivity contribution in [3.63, 3.8) is 0 Å². The maximum atomic E-state index is 15.2. The number of hydrogen-bond acceptors (Lipinski definition) is 5. The largest absolute Gasteiger partial charge is 0.478 e. The van der Waals surface area contributed by atoms with Gasteiger partial charge in [0.1, 0.15) is 5.82 Å². The minimum absolute atomic E-state index is 0.0350. The molecule has 0 aliphatic heterocycles. The molecule has 1 N–H and O–H groups in total. The molecule has 0 radical (unpaired) electrons. The van der Waals surface area contributed by atoms with Gasteiger partial charge < -0.3 is 5.11 Å². The lowest BCUT2D eigenvalue weighted by Crippen LogP contribution is -2.14. The van der Waals surface area contributed by atoms with Crippen LogP contribution < -0.4 is 0 Å². The number of carbonyl (C=O) groups is 1. The van der Waals surface area contributed by atoms with E-state index < -0.39 is 28.2 Å². The van der Waals surface area contributed by atoms with E-state index in [1.165, 1.54) is 36.4 Å². The highest BCUT2D eigenvalue weighted by Crippen LogP contribution is 2.46. The third-order valence-corrected chi connectivity index (χ3v) is 9.45. The van der Waals surface area contributed by atoms with Crippen molar-refractivity contribution < 1.29 is 31.5 Å². The van der Waals surface area contributed by atoms with Crippen molar-refractivity contribution in [2.24, 2.45) is 0 Å². The van der Waals surface area contributed by atoms with E-state index in [9.17, 15) is 37.6 Å². The van der Waals surface area contributed by atoms with Gasteiger partial charge in [0.25, 0.3) is 16.4 Å². The fraction of sp³-hybridized carbons (Fsp3) is 0.0278. The Balaban J connectivity index is 1.74. The Hall–Kier alpha value is -6.17. The van der Waals surface area contributed by atoms with E-state index in [0.717, 1.165) is 34.3 Å². The number of aromatic carboxylic acids is 1. The van der Waals surface area contributed by atoms with Crippen molar-refractivity contribution in [1.29, 1.82) is 10.5 Å². The summed E-state index contributed by atoms with van der Waals surface area (Å²) in [4.78, 5) is 11.1. The predicted octanol–water partition coefficient (Wildman–Crippen LogP) is 8.40. The van der Waals surface area contributed by atoms with Crippen LogP contribution in [0.3, 0.4) is 0 Å².